The molecule has 2 spiro atoms. The van der Waals surface area contributed by atoms with Gasteiger partial charge in [0, 0.05) is 23.5 Å². The molecule has 1 saturated heterocycles. The highest BCUT2D eigenvalue weighted by Gasteiger charge is 2.74. The molecule has 7 heteroatoms. The second-order valence-corrected chi connectivity index (χ2v) is 12.8. The molecule has 2 saturated carbocycles. The van der Waals surface area contributed by atoms with Crippen LogP contribution in [0.4, 0.5) is 0 Å². The van der Waals surface area contributed by atoms with Crippen molar-refractivity contribution < 1.29 is 14.9 Å². The van der Waals surface area contributed by atoms with E-state index in [0.29, 0.717) is 23.8 Å². The first-order valence-electron chi connectivity index (χ1n) is 13.8. The molecule has 38 heavy (non-hydrogen) atoms. The fourth-order valence-corrected chi connectivity index (χ4v) is 9.04. The van der Waals surface area contributed by atoms with E-state index in [1.54, 1.807) is 6.20 Å². The first-order valence-corrected chi connectivity index (χ1v) is 13.8. The Balaban J connectivity index is 1.33. The molecule has 2 bridgehead atoms. The molecule has 5 aliphatic rings. The van der Waals surface area contributed by atoms with Crippen LogP contribution >= 0.6 is 0 Å². The minimum Gasteiger partial charge on any atom is -0.388 e. The third kappa shape index (κ3) is 2.79. The van der Waals surface area contributed by atoms with Gasteiger partial charge in [-0.15, -0.1) is 0 Å². The Morgan fingerprint density at radius 3 is 2.74 bits per heavy atom. The number of aliphatic hydroxyl groups is 2. The van der Waals surface area contributed by atoms with E-state index >= 15 is 0 Å². The van der Waals surface area contributed by atoms with E-state index in [-0.39, 0.29) is 22.9 Å². The summed E-state index contributed by atoms with van der Waals surface area (Å²) in [5.41, 5.74) is 0.537. The van der Waals surface area contributed by atoms with Gasteiger partial charge in [0.15, 0.2) is 0 Å². The molecule has 8 unspecified atom stereocenters. The Hall–Kier alpha value is -2.76. The lowest BCUT2D eigenvalue weighted by molar-refractivity contribution is -0.223. The van der Waals surface area contributed by atoms with E-state index in [1.165, 1.54) is 5.57 Å². The van der Waals surface area contributed by atoms with Crippen LogP contribution in [0.15, 0.2) is 53.0 Å². The van der Waals surface area contributed by atoms with Crippen molar-refractivity contribution in [2.24, 2.45) is 16.7 Å². The number of pyridine rings is 1. The normalized spacial score (nSPS) is 43.2. The molecular weight excluding hydrogens is 478 g/mol. The molecular formula is C31H35N3O4. The third-order valence-electron chi connectivity index (χ3n) is 11.0. The highest BCUT2D eigenvalue weighted by atomic mass is 16.5. The number of benzene rings is 1. The summed E-state index contributed by atoms with van der Waals surface area (Å²) in [5, 5.41) is 34.6. The van der Waals surface area contributed by atoms with Crippen molar-refractivity contribution in [3.05, 3.63) is 64.1 Å². The number of nitriles is 1. The Morgan fingerprint density at radius 2 is 1.97 bits per heavy atom. The summed E-state index contributed by atoms with van der Waals surface area (Å²) in [4.78, 5) is 17.3. The van der Waals surface area contributed by atoms with E-state index in [1.807, 2.05) is 43.3 Å². The van der Waals surface area contributed by atoms with Crippen LogP contribution in [0.3, 0.4) is 0 Å². The number of ether oxygens (including phenoxy) is 1. The summed E-state index contributed by atoms with van der Waals surface area (Å²) in [6.07, 6.45) is 8.38. The number of aromatic nitrogens is 1. The maximum Gasteiger partial charge on any atom is 0.255 e. The molecule has 2 aromatic rings. The predicted molar refractivity (Wildman–Crippen MR) is 144 cm³/mol. The standard InChI is InChI=1S/C31H35N3O4/c1-28-9-10-29(17-32)15-22-25(35)26(36)23(34(2)3)16-30(22)11-12-31(29,38-30)24(28)7-6-21(28)19-5-4-18-8-13-33-27(37)20(18)14-19/h4-6,8,13-15,23-26,35-36H,7,9-12,16H2,1-3H3,(H,33,37). The van der Waals surface area contributed by atoms with Crippen LogP contribution in [0.2, 0.25) is 0 Å². The number of hydrogen-bond acceptors (Lipinski definition) is 6. The molecule has 198 valence electrons. The van der Waals surface area contributed by atoms with E-state index in [0.717, 1.165) is 36.6 Å². The Morgan fingerprint density at radius 1 is 1.16 bits per heavy atom. The number of fused-ring (bicyclic) bond motifs is 2. The second-order valence-electron chi connectivity index (χ2n) is 12.8. The van der Waals surface area contributed by atoms with Gasteiger partial charge in [0.1, 0.15) is 11.5 Å². The van der Waals surface area contributed by atoms with Crippen LogP contribution < -0.4 is 5.56 Å². The minimum absolute atomic E-state index is 0.0881. The van der Waals surface area contributed by atoms with E-state index in [2.05, 4.69) is 30.1 Å². The van der Waals surface area contributed by atoms with Crippen LogP contribution in [0.5, 0.6) is 0 Å². The molecule has 2 aliphatic heterocycles. The van der Waals surface area contributed by atoms with Gasteiger partial charge < -0.3 is 24.8 Å². The molecule has 1 aromatic heterocycles. The fraction of sp³-hybridized carbons (Fsp3) is 0.548. The lowest BCUT2D eigenvalue weighted by Crippen LogP contribution is -2.66. The van der Waals surface area contributed by atoms with E-state index < -0.39 is 28.8 Å². The van der Waals surface area contributed by atoms with Gasteiger partial charge in [-0.3, -0.25) is 4.79 Å². The second kappa shape index (κ2) is 7.67. The summed E-state index contributed by atoms with van der Waals surface area (Å²) < 4.78 is 7.25. The van der Waals surface area contributed by atoms with Gasteiger partial charge in [-0.05, 0) is 92.3 Å². The number of nitrogens with one attached hydrogen (secondary N) is 1. The van der Waals surface area contributed by atoms with Crippen LogP contribution in [-0.4, -0.2) is 63.6 Å². The molecule has 3 aliphatic carbocycles. The number of rotatable bonds is 2. The Kier molecular flexibility index (Phi) is 4.90. The smallest absolute Gasteiger partial charge is 0.255 e. The van der Waals surface area contributed by atoms with Crippen molar-refractivity contribution >= 4 is 16.3 Å². The topological polar surface area (TPSA) is 110 Å². The fourth-order valence-electron chi connectivity index (χ4n) is 9.04. The Labute approximate surface area is 222 Å². The minimum atomic E-state index is -1.04. The first-order chi connectivity index (χ1) is 18.1. The van der Waals surface area contributed by atoms with Gasteiger partial charge in [0.05, 0.1) is 23.4 Å². The number of likely N-dealkylation sites (N-methyl/N-ethyl adjacent to an activating group) is 1. The van der Waals surface area contributed by atoms with Crippen LogP contribution in [-0.2, 0) is 4.74 Å². The van der Waals surface area contributed by atoms with Crippen molar-refractivity contribution in [2.45, 2.75) is 74.9 Å². The molecule has 8 atom stereocenters. The first kappa shape index (κ1) is 24.3. The number of aromatic amines is 1. The van der Waals surface area contributed by atoms with E-state index in [9.17, 15) is 20.3 Å². The van der Waals surface area contributed by atoms with Gasteiger partial charge in [-0.2, -0.15) is 5.26 Å². The SMILES string of the molecule is CN(C)C1CC23CCC4(O2)C2CC=C(c5ccc6cc[nH]c(=O)c6c5)C2(C)CCC4(C#N)C=C3C(O)C1O. The van der Waals surface area contributed by atoms with Gasteiger partial charge in [-0.25, -0.2) is 0 Å². The quantitative estimate of drug-likeness (QED) is 0.530. The van der Waals surface area contributed by atoms with Gasteiger partial charge in [-0.1, -0.05) is 31.2 Å². The molecule has 3 heterocycles. The zero-order valence-corrected chi connectivity index (χ0v) is 22.2. The number of aliphatic hydroxyl groups excluding tert-OH is 2. The number of H-pyrrole nitrogens is 1. The molecule has 1 aromatic carbocycles. The van der Waals surface area contributed by atoms with Crippen LogP contribution in [0.25, 0.3) is 16.3 Å². The molecule has 3 N–H and O–H groups in total. The van der Waals surface area contributed by atoms with Gasteiger partial charge in [0.25, 0.3) is 5.56 Å². The zero-order valence-electron chi connectivity index (χ0n) is 22.2. The molecule has 7 rings (SSSR count). The van der Waals surface area contributed by atoms with Crippen LogP contribution in [0.1, 0.15) is 51.0 Å². The maximum atomic E-state index is 12.6. The van der Waals surface area contributed by atoms with Crippen molar-refractivity contribution in [1.82, 2.24) is 9.88 Å². The average Bonchev–Trinajstić information content (AvgIpc) is 3.43. The van der Waals surface area contributed by atoms with E-state index in [4.69, 9.17) is 4.74 Å². The molecule has 0 radical (unpaired) electrons. The third-order valence-corrected chi connectivity index (χ3v) is 11.0. The largest absolute Gasteiger partial charge is 0.388 e. The predicted octanol–water partition coefficient (Wildman–Crippen LogP) is 3.53. The maximum absolute atomic E-state index is 12.6. The number of nitrogens with zero attached hydrogens (tertiary/aromatic N) is 2. The Bertz CT molecular complexity index is 1520. The lowest BCUT2D eigenvalue weighted by atomic mass is 9.49. The molecule has 0 amide bonds. The highest BCUT2D eigenvalue weighted by molar-refractivity contribution is 5.87. The van der Waals surface area contributed by atoms with Gasteiger partial charge >= 0.3 is 0 Å². The van der Waals surface area contributed by atoms with Crippen molar-refractivity contribution in [3.63, 3.8) is 0 Å². The zero-order chi connectivity index (χ0) is 26.7. The van der Waals surface area contributed by atoms with Crippen molar-refractivity contribution in [1.29, 1.82) is 5.26 Å². The molecule has 7 nitrogen and oxygen atoms in total. The number of allylic oxidation sites excluding steroid dienone is 2. The summed E-state index contributed by atoms with van der Waals surface area (Å²) in [6.45, 7) is 2.31. The summed E-state index contributed by atoms with van der Waals surface area (Å²) in [6, 6.07) is 10.5. The van der Waals surface area contributed by atoms with Crippen molar-refractivity contribution in [2.75, 3.05) is 14.1 Å². The summed E-state index contributed by atoms with van der Waals surface area (Å²) in [5.74, 6) is 0.0992. The van der Waals surface area contributed by atoms with Crippen LogP contribution in [0, 0.1) is 28.1 Å². The lowest BCUT2D eigenvalue weighted by Gasteiger charge is -2.61. The number of hydrogen-bond donors (Lipinski definition) is 3. The summed E-state index contributed by atoms with van der Waals surface area (Å²) in [7, 11) is 3.86. The highest BCUT2D eigenvalue weighted by Crippen LogP contribution is 2.72. The van der Waals surface area contributed by atoms with Gasteiger partial charge in [0.2, 0.25) is 0 Å². The monoisotopic (exact) mass is 513 g/mol. The van der Waals surface area contributed by atoms with Crippen molar-refractivity contribution in [3.8, 4) is 6.07 Å². The molecule has 3 fully saturated rings. The average molecular weight is 514 g/mol. The summed E-state index contributed by atoms with van der Waals surface area (Å²) >= 11 is 0.